The molecule has 2 aliphatic heterocycles. The summed E-state index contributed by atoms with van der Waals surface area (Å²) in [5.41, 5.74) is 3.13. The Kier molecular flexibility index (Phi) is 7.79. The molecule has 1 N–H and O–H groups in total. The molecule has 1 spiro atoms. The van der Waals surface area contributed by atoms with Gasteiger partial charge in [-0.15, -0.1) is 10.2 Å². The number of anilines is 1. The Hall–Kier alpha value is -2.31. The van der Waals surface area contributed by atoms with Crippen LogP contribution in [0.1, 0.15) is 18.5 Å². The zero-order valence-corrected chi connectivity index (χ0v) is 17.6. The van der Waals surface area contributed by atoms with E-state index in [0.717, 1.165) is 56.8 Å². The summed E-state index contributed by atoms with van der Waals surface area (Å²) in [7, 11) is 0. The van der Waals surface area contributed by atoms with Gasteiger partial charge in [-0.2, -0.15) is 13.2 Å². The van der Waals surface area contributed by atoms with Crippen LogP contribution in [0, 0.1) is 5.41 Å². The first-order valence-electron chi connectivity index (χ1n) is 9.79. The largest absolute Gasteiger partial charge is 0.490 e. The Bertz CT molecular complexity index is 825. The smallest absolute Gasteiger partial charge is 0.475 e. The van der Waals surface area contributed by atoms with Gasteiger partial charge in [-0.1, -0.05) is 17.4 Å². The number of rotatable bonds is 3. The molecule has 4 rings (SSSR count). The SMILES string of the molecule is O=C(O)C(F)(F)F.c1ccc(CN2CCCC3(COCCN(c4nncs4)C3)C2)nc1. The molecule has 170 valence electrons. The van der Waals surface area contributed by atoms with Crippen LogP contribution in [0.25, 0.3) is 0 Å². The van der Waals surface area contributed by atoms with E-state index in [4.69, 9.17) is 14.6 Å². The molecule has 31 heavy (non-hydrogen) atoms. The van der Waals surface area contributed by atoms with Crippen LogP contribution in [0.4, 0.5) is 18.3 Å². The summed E-state index contributed by atoms with van der Waals surface area (Å²) in [6.45, 7) is 6.61. The highest BCUT2D eigenvalue weighted by atomic mass is 32.1. The summed E-state index contributed by atoms with van der Waals surface area (Å²) in [6, 6.07) is 6.15. The first-order chi connectivity index (χ1) is 14.8. The van der Waals surface area contributed by atoms with Gasteiger partial charge in [-0.3, -0.25) is 9.88 Å². The maximum absolute atomic E-state index is 10.6. The fraction of sp³-hybridized carbons (Fsp3) is 0.579. The quantitative estimate of drug-likeness (QED) is 0.749. The predicted molar refractivity (Wildman–Crippen MR) is 108 cm³/mol. The number of halogens is 3. The number of hydrogen-bond donors (Lipinski definition) is 1. The van der Waals surface area contributed by atoms with Gasteiger partial charge in [0.25, 0.3) is 0 Å². The molecule has 2 aromatic heterocycles. The molecule has 2 saturated heterocycles. The molecule has 12 heteroatoms. The number of piperidine rings is 1. The van der Waals surface area contributed by atoms with E-state index in [1.807, 2.05) is 17.8 Å². The lowest BCUT2D eigenvalue weighted by Gasteiger charge is -2.43. The monoisotopic (exact) mass is 459 g/mol. The van der Waals surface area contributed by atoms with E-state index >= 15 is 0 Å². The lowest BCUT2D eigenvalue weighted by atomic mass is 9.80. The summed E-state index contributed by atoms with van der Waals surface area (Å²) in [4.78, 5) is 18.3. The van der Waals surface area contributed by atoms with Gasteiger partial charge in [0.2, 0.25) is 5.13 Å². The van der Waals surface area contributed by atoms with Gasteiger partial charge >= 0.3 is 12.1 Å². The third-order valence-electron chi connectivity index (χ3n) is 5.15. The van der Waals surface area contributed by atoms with E-state index in [2.05, 4.69) is 37.1 Å². The van der Waals surface area contributed by atoms with Crippen LogP contribution in [0.15, 0.2) is 29.9 Å². The van der Waals surface area contributed by atoms with E-state index in [1.165, 1.54) is 12.8 Å². The van der Waals surface area contributed by atoms with Crippen LogP contribution in [0.2, 0.25) is 0 Å². The van der Waals surface area contributed by atoms with Gasteiger partial charge in [0, 0.05) is 37.8 Å². The molecule has 8 nitrogen and oxygen atoms in total. The van der Waals surface area contributed by atoms with E-state index in [0.29, 0.717) is 0 Å². The second-order valence-corrected chi connectivity index (χ2v) is 8.45. The van der Waals surface area contributed by atoms with Gasteiger partial charge in [0.15, 0.2) is 0 Å². The average Bonchev–Trinajstić information content (AvgIpc) is 3.19. The fourth-order valence-corrected chi connectivity index (χ4v) is 4.46. The van der Waals surface area contributed by atoms with Crippen LogP contribution < -0.4 is 4.90 Å². The molecular formula is C19H24F3N5O3S. The second kappa shape index (κ2) is 10.3. The maximum atomic E-state index is 10.6. The van der Waals surface area contributed by atoms with Crippen LogP contribution in [0.3, 0.4) is 0 Å². The number of likely N-dealkylation sites (tertiary alicyclic amines) is 1. The number of carboxylic acids is 1. The number of pyridine rings is 1. The number of ether oxygens (including phenoxy) is 1. The lowest BCUT2D eigenvalue weighted by molar-refractivity contribution is -0.192. The van der Waals surface area contributed by atoms with Gasteiger partial charge in [-0.05, 0) is 31.5 Å². The molecule has 0 radical (unpaired) electrons. The summed E-state index contributed by atoms with van der Waals surface area (Å²) < 4.78 is 37.7. The first kappa shape index (κ1) is 23.4. The Morgan fingerprint density at radius 3 is 2.74 bits per heavy atom. The van der Waals surface area contributed by atoms with Gasteiger partial charge in [0.1, 0.15) is 5.51 Å². The zero-order valence-electron chi connectivity index (χ0n) is 16.8. The Morgan fingerprint density at radius 2 is 2.10 bits per heavy atom. The van der Waals surface area contributed by atoms with Crippen molar-refractivity contribution in [3.05, 3.63) is 35.6 Å². The highest BCUT2D eigenvalue weighted by molar-refractivity contribution is 7.13. The summed E-state index contributed by atoms with van der Waals surface area (Å²) in [5, 5.41) is 16.4. The number of aromatic nitrogens is 3. The Labute approximate surface area is 181 Å². The molecule has 2 aromatic rings. The van der Waals surface area contributed by atoms with Crippen molar-refractivity contribution in [3.8, 4) is 0 Å². The van der Waals surface area contributed by atoms with Gasteiger partial charge in [0.05, 0.1) is 18.9 Å². The normalized spacial score (nSPS) is 22.5. The van der Waals surface area contributed by atoms with E-state index < -0.39 is 12.1 Å². The molecule has 1 atom stereocenters. The predicted octanol–water partition coefficient (Wildman–Crippen LogP) is 2.69. The first-order valence-corrected chi connectivity index (χ1v) is 10.7. The van der Waals surface area contributed by atoms with Crippen LogP contribution in [0.5, 0.6) is 0 Å². The van der Waals surface area contributed by atoms with Crippen molar-refractivity contribution in [1.82, 2.24) is 20.1 Å². The highest BCUT2D eigenvalue weighted by Gasteiger charge is 2.40. The summed E-state index contributed by atoms with van der Waals surface area (Å²) >= 11 is 1.61. The Balaban J connectivity index is 0.000000339. The molecule has 0 saturated carbocycles. The molecule has 0 amide bonds. The second-order valence-electron chi connectivity index (χ2n) is 7.63. The van der Waals surface area contributed by atoms with Crippen molar-refractivity contribution in [3.63, 3.8) is 0 Å². The molecule has 0 aliphatic carbocycles. The Morgan fingerprint density at radius 1 is 1.29 bits per heavy atom. The lowest BCUT2D eigenvalue weighted by Crippen LogP contribution is -2.50. The van der Waals surface area contributed by atoms with Crippen LogP contribution >= 0.6 is 11.3 Å². The molecule has 2 fully saturated rings. The molecule has 2 aliphatic rings. The van der Waals surface area contributed by atoms with E-state index in [-0.39, 0.29) is 5.41 Å². The van der Waals surface area contributed by atoms with E-state index in [1.54, 1.807) is 11.3 Å². The van der Waals surface area contributed by atoms with Gasteiger partial charge in [-0.25, -0.2) is 4.79 Å². The van der Waals surface area contributed by atoms with Crippen molar-refractivity contribution in [2.75, 3.05) is 44.3 Å². The third kappa shape index (κ3) is 6.84. The standard InChI is InChI=1S/C17H23N5OS.C2HF3O2/c1-2-6-18-15(4-1)10-21-7-3-5-17(11-21)12-22(8-9-23-13-17)16-20-19-14-24-16;3-2(4,5)1(6)7/h1-2,4,6,14H,3,5,7-13H2;(H,6,7). The van der Waals surface area contributed by atoms with Crippen molar-refractivity contribution in [2.24, 2.45) is 5.41 Å². The number of carbonyl (C=O) groups is 1. The molecule has 0 bridgehead atoms. The van der Waals surface area contributed by atoms with Gasteiger partial charge < -0.3 is 14.7 Å². The minimum atomic E-state index is -5.08. The average molecular weight is 459 g/mol. The van der Waals surface area contributed by atoms with Crippen LogP contribution in [-0.4, -0.2) is 76.7 Å². The fourth-order valence-electron chi connectivity index (χ4n) is 3.87. The minimum absolute atomic E-state index is 0.176. The number of nitrogens with zero attached hydrogens (tertiary/aromatic N) is 5. The third-order valence-corrected chi connectivity index (χ3v) is 5.90. The number of carboxylic acid groups (broad SMARTS) is 1. The van der Waals surface area contributed by atoms with E-state index in [9.17, 15) is 13.2 Å². The maximum Gasteiger partial charge on any atom is 0.490 e. The van der Waals surface area contributed by atoms with Crippen molar-refractivity contribution in [1.29, 1.82) is 0 Å². The number of aliphatic carboxylic acids is 1. The molecular weight excluding hydrogens is 435 g/mol. The molecule has 0 aromatic carbocycles. The molecule has 4 heterocycles. The van der Waals surface area contributed by atoms with Crippen LogP contribution in [-0.2, 0) is 16.1 Å². The zero-order chi connectivity index (χ0) is 22.3. The molecule has 1 unspecified atom stereocenters. The summed E-state index contributed by atoms with van der Waals surface area (Å²) in [6.07, 6.45) is -0.790. The highest BCUT2D eigenvalue weighted by Crippen LogP contribution is 2.35. The number of hydrogen-bond acceptors (Lipinski definition) is 8. The summed E-state index contributed by atoms with van der Waals surface area (Å²) in [5.74, 6) is -2.76. The van der Waals surface area contributed by atoms with Crippen molar-refractivity contribution < 1.29 is 27.8 Å². The number of alkyl halides is 3. The topological polar surface area (TPSA) is 91.7 Å². The minimum Gasteiger partial charge on any atom is -0.475 e. The van der Waals surface area contributed by atoms with Crippen molar-refractivity contribution in [2.45, 2.75) is 25.6 Å². The van der Waals surface area contributed by atoms with Crippen molar-refractivity contribution >= 4 is 22.4 Å².